The number of nitrogens with zero attached hydrogens (tertiary/aromatic N) is 3. The fourth-order valence-electron chi connectivity index (χ4n) is 2.60. The van der Waals surface area contributed by atoms with Crippen LogP contribution in [-0.4, -0.2) is 39.9 Å². The maximum absolute atomic E-state index is 12.4. The molecule has 0 N–H and O–H groups in total. The van der Waals surface area contributed by atoms with Crippen LogP contribution in [0.2, 0.25) is 0 Å². The number of carbonyl (C=O) groups is 2. The predicted octanol–water partition coefficient (Wildman–Crippen LogP) is 3.12. The van der Waals surface area contributed by atoms with E-state index in [1.54, 1.807) is 24.7 Å². The third kappa shape index (κ3) is 4.30. The zero-order valence-corrected chi connectivity index (χ0v) is 15.7. The maximum Gasteiger partial charge on any atom is 0.347 e. The fraction of sp³-hybridized carbons (Fsp3) is 0.556. The lowest BCUT2D eigenvalue weighted by Gasteiger charge is -2.14. The third-order valence-corrected chi connectivity index (χ3v) is 3.69. The van der Waals surface area contributed by atoms with E-state index in [9.17, 15) is 9.59 Å². The van der Waals surface area contributed by atoms with Gasteiger partial charge in [-0.2, -0.15) is 10.1 Å². The number of esters is 2. The molecule has 0 amide bonds. The van der Waals surface area contributed by atoms with Crippen molar-refractivity contribution in [3.63, 3.8) is 0 Å². The van der Waals surface area contributed by atoms with Crippen molar-refractivity contribution in [2.24, 2.45) is 0 Å². The second kappa shape index (κ2) is 9.17. The molecule has 2 aromatic heterocycles. The Kier molecular flexibility index (Phi) is 6.94. The molecular weight excluding hydrogens is 338 g/mol. The van der Waals surface area contributed by atoms with Crippen LogP contribution < -0.4 is 9.47 Å². The standard InChI is InChI=1S/C18H25N3O5/c1-5-8-9-10-21-16-13(11-19-21)15(24-6-2)14(18(23)25-7-3)17(20-16)26-12(4)22/h11H,5-10H2,1-4H3. The molecule has 0 atom stereocenters. The summed E-state index contributed by atoms with van der Waals surface area (Å²) >= 11 is 0. The van der Waals surface area contributed by atoms with E-state index in [-0.39, 0.29) is 23.8 Å². The largest absolute Gasteiger partial charge is 0.492 e. The average molecular weight is 363 g/mol. The van der Waals surface area contributed by atoms with Gasteiger partial charge >= 0.3 is 11.9 Å². The smallest absolute Gasteiger partial charge is 0.347 e. The fourth-order valence-corrected chi connectivity index (χ4v) is 2.60. The Hall–Kier alpha value is -2.64. The number of carbonyl (C=O) groups excluding carboxylic acids is 2. The molecule has 26 heavy (non-hydrogen) atoms. The van der Waals surface area contributed by atoms with Crippen LogP contribution in [0.3, 0.4) is 0 Å². The van der Waals surface area contributed by atoms with Gasteiger partial charge in [-0.3, -0.25) is 4.79 Å². The van der Waals surface area contributed by atoms with Crippen LogP contribution in [-0.2, 0) is 16.1 Å². The van der Waals surface area contributed by atoms with E-state index in [0.29, 0.717) is 24.2 Å². The second-order valence-corrected chi connectivity index (χ2v) is 5.68. The van der Waals surface area contributed by atoms with E-state index < -0.39 is 11.9 Å². The number of hydrogen-bond donors (Lipinski definition) is 0. The molecule has 0 bridgehead atoms. The summed E-state index contributed by atoms with van der Waals surface area (Å²) < 4.78 is 17.7. The first-order valence-electron chi connectivity index (χ1n) is 8.91. The van der Waals surface area contributed by atoms with Crippen molar-refractivity contribution >= 4 is 23.0 Å². The minimum absolute atomic E-state index is 0.00417. The monoisotopic (exact) mass is 363 g/mol. The van der Waals surface area contributed by atoms with Gasteiger partial charge in [0, 0.05) is 13.5 Å². The van der Waals surface area contributed by atoms with Crippen LogP contribution in [0.5, 0.6) is 11.6 Å². The van der Waals surface area contributed by atoms with Crippen LogP contribution >= 0.6 is 0 Å². The van der Waals surface area contributed by atoms with Crippen molar-refractivity contribution in [3.8, 4) is 11.6 Å². The summed E-state index contributed by atoms with van der Waals surface area (Å²) in [6, 6.07) is 0. The molecule has 142 valence electrons. The zero-order valence-electron chi connectivity index (χ0n) is 15.7. The summed E-state index contributed by atoms with van der Waals surface area (Å²) in [6.45, 7) is 8.05. The summed E-state index contributed by atoms with van der Waals surface area (Å²) in [5, 5.41) is 4.94. The van der Waals surface area contributed by atoms with E-state index in [2.05, 4.69) is 17.0 Å². The van der Waals surface area contributed by atoms with E-state index >= 15 is 0 Å². The highest BCUT2D eigenvalue weighted by Crippen LogP contribution is 2.35. The van der Waals surface area contributed by atoms with Gasteiger partial charge in [0.1, 0.15) is 0 Å². The molecule has 0 fully saturated rings. The molecular formula is C18H25N3O5. The van der Waals surface area contributed by atoms with E-state index in [1.807, 2.05) is 0 Å². The van der Waals surface area contributed by atoms with Crippen LogP contribution in [0, 0.1) is 0 Å². The summed E-state index contributed by atoms with van der Waals surface area (Å²) in [4.78, 5) is 28.3. The Morgan fingerprint density at radius 3 is 2.54 bits per heavy atom. The highest BCUT2D eigenvalue weighted by Gasteiger charge is 2.27. The van der Waals surface area contributed by atoms with Crippen molar-refractivity contribution in [2.45, 2.75) is 53.5 Å². The van der Waals surface area contributed by atoms with Gasteiger partial charge in [-0.25, -0.2) is 9.48 Å². The topological polar surface area (TPSA) is 92.5 Å². The Labute approximate surface area is 152 Å². The Morgan fingerprint density at radius 2 is 1.92 bits per heavy atom. The van der Waals surface area contributed by atoms with Crippen LogP contribution in [0.25, 0.3) is 11.0 Å². The van der Waals surface area contributed by atoms with Gasteiger partial charge in [0.05, 0.1) is 24.8 Å². The summed E-state index contributed by atoms with van der Waals surface area (Å²) in [5.41, 5.74) is 0.512. The Bertz CT molecular complexity index is 785. The van der Waals surface area contributed by atoms with Gasteiger partial charge in [0.15, 0.2) is 17.0 Å². The molecule has 0 saturated carbocycles. The number of ether oxygens (including phenoxy) is 3. The Morgan fingerprint density at radius 1 is 1.15 bits per heavy atom. The van der Waals surface area contributed by atoms with Gasteiger partial charge < -0.3 is 14.2 Å². The summed E-state index contributed by atoms with van der Waals surface area (Å²) in [5.74, 6) is -1.08. The molecule has 0 radical (unpaired) electrons. The molecule has 0 saturated heterocycles. The number of rotatable bonds is 9. The molecule has 0 aromatic carbocycles. The summed E-state index contributed by atoms with van der Waals surface area (Å²) in [6.07, 6.45) is 4.71. The SMILES string of the molecule is CCCCCn1ncc2c(OCC)c(C(=O)OCC)c(OC(C)=O)nc21. The molecule has 0 spiro atoms. The quantitative estimate of drug-likeness (QED) is 0.499. The molecule has 2 rings (SSSR count). The van der Waals surface area contributed by atoms with Gasteiger partial charge in [-0.05, 0) is 20.3 Å². The third-order valence-electron chi connectivity index (χ3n) is 3.69. The number of unbranched alkanes of at least 4 members (excludes halogenated alkanes) is 2. The molecule has 8 heteroatoms. The van der Waals surface area contributed by atoms with Crippen molar-refractivity contribution in [1.29, 1.82) is 0 Å². The average Bonchev–Trinajstić information content (AvgIpc) is 2.98. The van der Waals surface area contributed by atoms with Crippen molar-refractivity contribution in [3.05, 3.63) is 11.8 Å². The minimum Gasteiger partial charge on any atom is -0.492 e. The number of aromatic nitrogens is 3. The lowest BCUT2D eigenvalue weighted by Crippen LogP contribution is -2.15. The molecule has 2 aromatic rings. The first kappa shape index (κ1) is 19.7. The molecule has 8 nitrogen and oxygen atoms in total. The first-order valence-corrected chi connectivity index (χ1v) is 8.91. The maximum atomic E-state index is 12.4. The molecule has 0 aliphatic carbocycles. The molecule has 0 unspecified atom stereocenters. The van der Waals surface area contributed by atoms with E-state index in [1.165, 1.54) is 6.92 Å². The lowest BCUT2D eigenvalue weighted by atomic mass is 10.2. The molecule has 2 heterocycles. The number of pyridine rings is 1. The second-order valence-electron chi connectivity index (χ2n) is 5.68. The van der Waals surface area contributed by atoms with Crippen molar-refractivity contribution in [1.82, 2.24) is 14.8 Å². The lowest BCUT2D eigenvalue weighted by molar-refractivity contribution is -0.132. The number of hydrogen-bond acceptors (Lipinski definition) is 7. The van der Waals surface area contributed by atoms with Crippen LogP contribution in [0.15, 0.2) is 6.20 Å². The highest BCUT2D eigenvalue weighted by molar-refractivity contribution is 6.02. The highest BCUT2D eigenvalue weighted by atomic mass is 16.6. The normalized spacial score (nSPS) is 10.8. The minimum atomic E-state index is -0.652. The van der Waals surface area contributed by atoms with E-state index in [0.717, 1.165) is 19.3 Å². The zero-order chi connectivity index (χ0) is 19.1. The van der Waals surface area contributed by atoms with Crippen LogP contribution in [0.4, 0.5) is 0 Å². The first-order chi connectivity index (χ1) is 12.5. The van der Waals surface area contributed by atoms with Gasteiger partial charge in [0.2, 0.25) is 5.88 Å². The number of fused-ring (bicyclic) bond motifs is 1. The number of aryl methyl sites for hydroxylation is 1. The van der Waals surface area contributed by atoms with Crippen molar-refractivity contribution < 1.29 is 23.8 Å². The van der Waals surface area contributed by atoms with Gasteiger partial charge in [-0.15, -0.1) is 0 Å². The van der Waals surface area contributed by atoms with Gasteiger partial charge in [0.25, 0.3) is 0 Å². The van der Waals surface area contributed by atoms with Crippen LogP contribution in [0.1, 0.15) is 57.3 Å². The Balaban J connectivity index is 2.63. The molecule has 0 aliphatic rings. The predicted molar refractivity (Wildman–Crippen MR) is 95.5 cm³/mol. The van der Waals surface area contributed by atoms with E-state index in [4.69, 9.17) is 14.2 Å². The molecule has 0 aliphatic heterocycles. The van der Waals surface area contributed by atoms with Crippen molar-refractivity contribution in [2.75, 3.05) is 13.2 Å². The summed E-state index contributed by atoms with van der Waals surface area (Å²) in [7, 11) is 0. The van der Waals surface area contributed by atoms with Gasteiger partial charge in [-0.1, -0.05) is 19.8 Å².